The van der Waals surface area contributed by atoms with Crippen molar-refractivity contribution < 1.29 is 9.53 Å². The first-order chi connectivity index (χ1) is 11.7. The number of carbonyl (C=O) groups is 1. The largest absolute Gasteiger partial charge is 0.490 e. The minimum Gasteiger partial charge on any atom is -0.490 e. The van der Waals surface area contributed by atoms with Crippen LogP contribution in [-0.4, -0.2) is 42.6 Å². The van der Waals surface area contributed by atoms with Gasteiger partial charge in [0, 0.05) is 19.1 Å². The first-order valence-corrected chi connectivity index (χ1v) is 9.55. The number of carbonyl (C=O) groups excluding carboxylic acids is 1. The van der Waals surface area contributed by atoms with E-state index in [0.29, 0.717) is 22.6 Å². The summed E-state index contributed by atoms with van der Waals surface area (Å²) in [4.78, 5) is 15.0. The predicted octanol–water partition coefficient (Wildman–Crippen LogP) is 3.49. The topological polar surface area (TPSA) is 41.6 Å². The van der Waals surface area contributed by atoms with Crippen molar-refractivity contribution in [2.45, 2.75) is 50.7 Å². The van der Waals surface area contributed by atoms with Gasteiger partial charge in [-0.1, -0.05) is 11.6 Å². The molecule has 24 heavy (non-hydrogen) atoms. The van der Waals surface area contributed by atoms with Gasteiger partial charge in [0.2, 0.25) is 0 Å². The van der Waals surface area contributed by atoms with Gasteiger partial charge in [0.15, 0.2) is 0 Å². The molecule has 0 spiro atoms. The van der Waals surface area contributed by atoms with E-state index in [1.54, 1.807) is 12.1 Å². The standard InChI is InChI=1S/C19H25ClN2O2/c20-18-10-16(24-15-2-1-3-15)6-7-17(18)19(23)21-11-13-8-9-22(12-13)14-4-5-14/h6-7,10,13-15H,1-5,8-9,11-12H2,(H,21,23)/t13-/m1/s1. The molecule has 4 nitrogen and oxygen atoms in total. The van der Waals surface area contributed by atoms with Gasteiger partial charge in [-0.25, -0.2) is 0 Å². The highest BCUT2D eigenvalue weighted by Gasteiger charge is 2.34. The first kappa shape index (κ1) is 16.2. The number of likely N-dealkylation sites (tertiary alicyclic amines) is 1. The number of amides is 1. The summed E-state index contributed by atoms with van der Waals surface area (Å²) in [5, 5.41) is 3.52. The van der Waals surface area contributed by atoms with Gasteiger partial charge in [0.05, 0.1) is 16.7 Å². The minimum atomic E-state index is -0.0833. The van der Waals surface area contributed by atoms with Gasteiger partial charge in [-0.15, -0.1) is 0 Å². The van der Waals surface area contributed by atoms with Crippen molar-refractivity contribution in [3.63, 3.8) is 0 Å². The summed E-state index contributed by atoms with van der Waals surface area (Å²) in [6.07, 6.45) is 7.65. The summed E-state index contributed by atoms with van der Waals surface area (Å²) in [6.45, 7) is 3.03. The Morgan fingerprint density at radius 3 is 2.75 bits per heavy atom. The molecule has 3 aliphatic rings. The van der Waals surface area contributed by atoms with E-state index in [-0.39, 0.29) is 5.91 Å². The molecule has 1 atom stereocenters. The van der Waals surface area contributed by atoms with Crippen molar-refractivity contribution in [3.05, 3.63) is 28.8 Å². The zero-order chi connectivity index (χ0) is 16.5. The van der Waals surface area contributed by atoms with Crippen molar-refractivity contribution >= 4 is 17.5 Å². The number of halogens is 1. The van der Waals surface area contributed by atoms with E-state index in [1.165, 1.54) is 32.2 Å². The van der Waals surface area contributed by atoms with Crippen LogP contribution in [-0.2, 0) is 0 Å². The number of rotatable bonds is 6. The lowest BCUT2D eigenvalue weighted by molar-refractivity contribution is 0.0947. The molecule has 1 saturated heterocycles. The molecule has 0 bridgehead atoms. The van der Waals surface area contributed by atoms with Crippen LogP contribution in [0, 0.1) is 5.92 Å². The van der Waals surface area contributed by atoms with Crippen LogP contribution in [0.5, 0.6) is 5.75 Å². The van der Waals surface area contributed by atoms with Gasteiger partial charge in [0.25, 0.3) is 5.91 Å². The highest BCUT2D eigenvalue weighted by molar-refractivity contribution is 6.34. The average Bonchev–Trinajstić information content (AvgIpc) is 3.27. The third-order valence-corrected chi connectivity index (χ3v) is 5.78. The molecular weight excluding hydrogens is 324 g/mol. The fourth-order valence-corrected chi connectivity index (χ4v) is 3.82. The molecule has 0 unspecified atom stereocenters. The number of ether oxygens (including phenoxy) is 1. The molecule has 1 aromatic rings. The molecule has 1 aliphatic heterocycles. The molecule has 130 valence electrons. The monoisotopic (exact) mass is 348 g/mol. The van der Waals surface area contributed by atoms with Gasteiger partial charge in [-0.2, -0.15) is 0 Å². The molecule has 3 fully saturated rings. The summed E-state index contributed by atoms with van der Waals surface area (Å²) in [5.74, 6) is 1.24. The number of hydrogen-bond donors (Lipinski definition) is 1. The Kier molecular flexibility index (Phi) is 4.68. The van der Waals surface area contributed by atoms with Gasteiger partial charge in [-0.3, -0.25) is 4.79 Å². The van der Waals surface area contributed by atoms with Crippen LogP contribution in [0.25, 0.3) is 0 Å². The van der Waals surface area contributed by atoms with Crippen molar-refractivity contribution in [1.82, 2.24) is 10.2 Å². The molecule has 1 N–H and O–H groups in total. The normalized spacial score (nSPS) is 24.6. The van der Waals surface area contributed by atoms with Gasteiger partial charge >= 0.3 is 0 Å². The van der Waals surface area contributed by atoms with E-state index in [9.17, 15) is 4.79 Å². The lowest BCUT2D eigenvalue weighted by Gasteiger charge is -2.26. The highest BCUT2D eigenvalue weighted by Crippen LogP contribution is 2.32. The zero-order valence-electron chi connectivity index (χ0n) is 14.0. The molecule has 2 saturated carbocycles. The average molecular weight is 349 g/mol. The minimum absolute atomic E-state index is 0.0833. The highest BCUT2D eigenvalue weighted by atomic mass is 35.5. The second kappa shape index (κ2) is 6.93. The Morgan fingerprint density at radius 1 is 1.25 bits per heavy atom. The van der Waals surface area contributed by atoms with E-state index >= 15 is 0 Å². The van der Waals surface area contributed by atoms with Crippen LogP contribution in [0.4, 0.5) is 0 Å². The molecule has 1 aromatic carbocycles. The number of nitrogens with one attached hydrogen (secondary N) is 1. The summed E-state index contributed by atoms with van der Waals surface area (Å²) >= 11 is 6.29. The fraction of sp³-hybridized carbons (Fsp3) is 0.632. The van der Waals surface area contributed by atoms with Crippen molar-refractivity contribution in [2.75, 3.05) is 19.6 Å². The predicted molar refractivity (Wildman–Crippen MR) is 94.8 cm³/mol. The molecule has 1 amide bonds. The lowest BCUT2D eigenvalue weighted by atomic mass is 9.96. The third kappa shape index (κ3) is 3.70. The summed E-state index contributed by atoms with van der Waals surface area (Å²) in [6, 6.07) is 6.21. The van der Waals surface area contributed by atoms with Crippen LogP contribution in [0.3, 0.4) is 0 Å². The molecule has 2 aliphatic carbocycles. The number of benzene rings is 1. The molecule has 0 aromatic heterocycles. The number of hydrogen-bond acceptors (Lipinski definition) is 3. The van der Waals surface area contributed by atoms with Crippen LogP contribution in [0.2, 0.25) is 5.02 Å². The lowest BCUT2D eigenvalue weighted by Crippen LogP contribution is -2.31. The van der Waals surface area contributed by atoms with E-state index in [4.69, 9.17) is 16.3 Å². The quantitative estimate of drug-likeness (QED) is 0.855. The molecule has 0 radical (unpaired) electrons. The summed E-state index contributed by atoms with van der Waals surface area (Å²) in [7, 11) is 0. The summed E-state index contributed by atoms with van der Waals surface area (Å²) < 4.78 is 5.83. The van der Waals surface area contributed by atoms with Crippen LogP contribution < -0.4 is 10.1 Å². The third-order valence-electron chi connectivity index (χ3n) is 5.47. The van der Waals surface area contributed by atoms with Crippen LogP contribution in [0.1, 0.15) is 48.9 Å². The van der Waals surface area contributed by atoms with Crippen LogP contribution in [0.15, 0.2) is 18.2 Å². The van der Waals surface area contributed by atoms with E-state index in [2.05, 4.69) is 10.2 Å². The number of nitrogens with zero attached hydrogens (tertiary/aromatic N) is 1. The van der Waals surface area contributed by atoms with Gasteiger partial charge < -0.3 is 15.0 Å². The van der Waals surface area contributed by atoms with Crippen LogP contribution >= 0.6 is 11.6 Å². The molecule has 5 heteroatoms. The maximum Gasteiger partial charge on any atom is 0.252 e. The fourth-order valence-electron chi connectivity index (χ4n) is 3.57. The Balaban J connectivity index is 1.29. The van der Waals surface area contributed by atoms with Gasteiger partial charge in [0.1, 0.15) is 5.75 Å². The maximum absolute atomic E-state index is 12.4. The molecular formula is C19H25ClN2O2. The Labute approximate surface area is 148 Å². The Bertz CT molecular complexity index is 613. The maximum atomic E-state index is 12.4. The smallest absolute Gasteiger partial charge is 0.252 e. The Morgan fingerprint density at radius 2 is 2.08 bits per heavy atom. The van der Waals surface area contributed by atoms with Crippen molar-refractivity contribution in [2.24, 2.45) is 5.92 Å². The Hall–Kier alpha value is -1.26. The second-order valence-corrected chi connectivity index (χ2v) is 7.81. The van der Waals surface area contributed by atoms with Crippen molar-refractivity contribution in [1.29, 1.82) is 0 Å². The van der Waals surface area contributed by atoms with E-state index < -0.39 is 0 Å². The SMILES string of the molecule is O=C(NC[C@H]1CCN(C2CC2)C1)c1ccc(OC2CCC2)cc1Cl. The first-order valence-electron chi connectivity index (χ1n) is 9.17. The van der Waals surface area contributed by atoms with E-state index in [1.807, 2.05) is 6.07 Å². The second-order valence-electron chi connectivity index (χ2n) is 7.40. The zero-order valence-corrected chi connectivity index (χ0v) is 14.7. The summed E-state index contributed by atoms with van der Waals surface area (Å²) in [5.41, 5.74) is 0.537. The van der Waals surface area contributed by atoms with Gasteiger partial charge in [-0.05, 0) is 69.2 Å². The van der Waals surface area contributed by atoms with Crippen molar-refractivity contribution in [3.8, 4) is 5.75 Å². The van der Waals surface area contributed by atoms with E-state index in [0.717, 1.165) is 37.7 Å². The molecule has 4 rings (SSSR count). The molecule has 1 heterocycles.